The van der Waals surface area contributed by atoms with Crippen molar-refractivity contribution >= 4 is 21.7 Å². The number of carbonyl (C=O) groups is 1. The van der Waals surface area contributed by atoms with Gasteiger partial charge in [0.05, 0.1) is 16.1 Å². The molecule has 0 radical (unpaired) electrons. The van der Waals surface area contributed by atoms with Crippen LogP contribution in [-0.4, -0.2) is 25.5 Å². The van der Waals surface area contributed by atoms with Gasteiger partial charge in [-0.25, -0.2) is 17.6 Å². The monoisotopic (exact) mass is 349 g/mol. The van der Waals surface area contributed by atoms with Crippen molar-refractivity contribution in [2.75, 3.05) is 4.31 Å². The lowest BCUT2D eigenvalue weighted by Crippen LogP contribution is -2.42. The van der Waals surface area contributed by atoms with Crippen LogP contribution in [0, 0.1) is 5.82 Å². The third-order valence-corrected chi connectivity index (χ3v) is 6.11. The fraction of sp³-hybridized carbons (Fsp3) is 0.235. The first kappa shape index (κ1) is 16.4. The Labute approximate surface area is 139 Å². The van der Waals surface area contributed by atoms with Crippen molar-refractivity contribution in [3.8, 4) is 0 Å². The van der Waals surface area contributed by atoms with E-state index in [4.69, 9.17) is 5.11 Å². The quantitative estimate of drug-likeness (QED) is 0.924. The highest BCUT2D eigenvalue weighted by Crippen LogP contribution is 2.35. The summed E-state index contributed by atoms with van der Waals surface area (Å²) in [5.74, 6) is -2.47. The Morgan fingerprint density at radius 1 is 1.25 bits per heavy atom. The lowest BCUT2D eigenvalue weighted by Gasteiger charge is -2.36. The summed E-state index contributed by atoms with van der Waals surface area (Å²) in [6, 6.07) is 9.77. The van der Waals surface area contributed by atoms with Crippen molar-refractivity contribution in [3.63, 3.8) is 0 Å². The number of rotatable bonds is 3. The van der Waals surface area contributed by atoms with E-state index >= 15 is 0 Å². The number of hydrogen-bond donors (Lipinski definition) is 1. The minimum Gasteiger partial charge on any atom is -0.478 e. The number of nitrogens with zero attached hydrogens (tertiary/aromatic N) is 1. The number of para-hydroxylation sites is 1. The number of aryl methyl sites for hydroxylation is 1. The molecule has 0 unspecified atom stereocenters. The molecule has 0 spiro atoms. The van der Waals surface area contributed by atoms with Gasteiger partial charge in [-0.3, -0.25) is 4.31 Å². The second kappa shape index (κ2) is 5.90. The number of anilines is 1. The molecule has 0 bridgehead atoms. The highest BCUT2D eigenvalue weighted by Gasteiger charge is 2.34. The molecule has 1 atom stereocenters. The van der Waals surface area contributed by atoms with Crippen LogP contribution in [0.1, 0.15) is 29.3 Å². The maximum Gasteiger partial charge on any atom is 0.338 e. The molecule has 0 fully saturated rings. The predicted molar refractivity (Wildman–Crippen MR) is 87.2 cm³/mol. The van der Waals surface area contributed by atoms with Crippen LogP contribution in [0.4, 0.5) is 10.1 Å². The lowest BCUT2D eigenvalue weighted by atomic mass is 9.99. The van der Waals surface area contributed by atoms with E-state index in [9.17, 15) is 17.6 Å². The van der Waals surface area contributed by atoms with Crippen LogP contribution in [0.25, 0.3) is 0 Å². The minimum absolute atomic E-state index is 0.232. The zero-order valence-corrected chi connectivity index (χ0v) is 13.8. The Morgan fingerprint density at radius 2 is 1.96 bits per heavy atom. The molecule has 24 heavy (non-hydrogen) atoms. The van der Waals surface area contributed by atoms with Crippen LogP contribution in [0.3, 0.4) is 0 Å². The maximum absolute atomic E-state index is 13.6. The van der Waals surface area contributed by atoms with Crippen molar-refractivity contribution < 1.29 is 22.7 Å². The van der Waals surface area contributed by atoms with Crippen molar-refractivity contribution in [2.24, 2.45) is 0 Å². The summed E-state index contributed by atoms with van der Waals surface area (Å²) in [6.45, 7) is 1.80. The molecule has 2 aromatic rings. The number of halogens is 1. The fourth-order valence-corrected chi connectivity index (χ4v) is 4.72. The van der Waals surface area contributed by atoms with E-state index in [1.54, 1.807) is 19.1 Å². The molecule has 126 valence electrons. The Kier molecular flexibility index (Phi) is 4.04. The first-order valence-electron chi connectivity index (χ1n) is 7.47. The van der Waals surface area contributed by atoms with Gasteiger partial charge in [-0.2, -0.15) is 0 Å². The van der Waals surface area contributed by atoms with Crippen LogP contribution in [0.2, 0.25) is 0 Å². The van der Waals surface area contributed by atoms with E-state index in [2.05, 4.69) is 0 Å². The molecule has 5 nitrogen and oxygen atoms in total. The third kappa shape index (κ3) is 2.65. The van der Waals surface area contributed by atoms with E-state index in [0.29, 0.717) is 12.1 Å². The standard InChI is InChI=1S/C17H16FNO4S/c1-11-6-7-12-4-2-3-5-16(12)19(11)24(22,23)13-8-9-15(18)14(10-13)17(20)21/h2-5,8-11H,6-7H2,1H3,(H,20,21)/t11-/m1/s1. The van der Waals surface area contributed by atoms with Crippen LogP contribution in [-0.2, 0) is 16.4 Å². The summed E-state index contributed by atoms with van der Waals surface area (Å²) in [5.41, 5.74) is 0.839. The lowest BCUT2D eigenvalue weighted by molar-refractivity contribution is 0.0691. The van der Waals surface area contributed by atoms with Gasteiger partial charge in [-0.1, -0.05) is 18.2 Å². The minimum atomic E-state index is -3.99. The van der Waals surface area contributed by atoms with Crippen molar-refractivity contribution in [3.05, 3.63) is 59.4 Å². The number of carboxylic acid groups (broad SMARTS) is 1. The molecular weight excluding hydrogens is 333 g/mol. The van der Waals surface area contributed by atoms with Gasteiger partial charge < -0.3 is 5.11 Å². The number of aromatic carboxylic acids is 1. The molecule has 7 heteroatoms. The number of carboxylic acids is 1. The normalized spacial score (nSPS) is 17.4. The number of benzene rings is 2. The largest absolute Gasteiger partial charge is 0.478 e. The average Bonchev–Trinajstić information content (AvgIpc) is 2.54. The summed E-state index contributed by atoms with van der Waals surface area (Å²) in [5, 5.41) is 9.03. The highest BCUT2D eigenvalue weighted by molar-refractivity contribution is 7.92. The number of fused-ring (bicyclic) bond motifs is 1. The molecule has 1 aliphatic heterocycles. The molecule has 0 saturated heterocycles. The predicted octanol–water partition coefficient (Wildman–Crippen LogP) is 3.05. The third-order valence-electron chi connectivity index (χ3n) is 4.19. The summed E-state index contributed by atoms with van der Waals surface area (Å²) < 4.78 is 41.0. The summed E-state index contributed by atoms with van der Waals surface area (Å²) >= 11 is 0. The zero-order chi connectivity index (χ0) is 17.5. The van der Waals surface area contributed by atoms with Gasteiger partial charge in [0.25, 0.3) is 10.0 Å². The Morgan fingerprint density at radius 3 is 2.67 bits per heavy atom. The molecule has 1 aliphatic rings. The van der Waals surface area contributed by atoms with Crippen molar-refractivity contribution in [1.29, 1.82) is 0 Å². The number of sulfonamides is 1. The first-order valence-corrected chi connectivity index (χ1v) is 8.91. The molecule has 1 N–H and O–H groups in total. The van der Waals surface area contributed by atoms with E-state index in [1.165, 1.54) is 4.31 Å². The second-order valence-corrected chi connectivity index (χ2v) is 7.58. The Hall–Kier alpha value is -2.41. The molecule has 0 aromatic heterocycles. The second-order valence-electron chi connectivity index (χ2n) is 5.76. The maximum atomic E-state index is 13.6. The van der Waals surface area contributed by atoms with Crippen LogP contribution in [0.5, 0.6) is 0 Å². The van der Waals surface area contributed by atoms with Gasteiger partial charge in [0.2, 0.25) is 0 Å². The zero-order valence-electron chi connectivity index (χ0n) is 12.9. The van der Waals surface area contributed by atoms with E-state index in [1.807, 2.05) is 12.1 Å². The molecule has 0 amide bonds. The van der Waals surface area contributed by atoms with E-state index in [0.717, 1.165) is 30.2 Å². The number of hydrogen-bond acceptors (Lipinski definition) is 3. The molecule has 0 saturated carbocycles. The summed E-state index contributed by atoms with van der Waals surface area (Å²) in [7, 11) is -3.99. The molecule has 0 aliphatic carbocycles. The highest BCUT2D eigenvalue weighted by atomic mass is 32.2. The Balaban J connectivity index is 2.15. The van der Waals surface area contributed by atoms with Gasteiger partial charge in [-0.05, 0) is 49.6 Å². The van der Waals surface area contributed by atoms with Gasteiger partial charge in [0.15, 0.2) is 0 Å². The van der Waals surface area contributed by atoms with Gasteiger partial charge in [0, 0.05) is 6.04 Å². The van der Waals surface area contributed by atoms with Crippen LogP contribution < -0.4 is 4.31 Å². The van der Waals surface area contributed by atoms with Crippen molar-refractivity contribution in [2.45, 2.75) is 30.7 Å². The van der Waals surface area contributed by atoms with Crippen molar-refractivity contribution in [1.82, 2.24) is 0 Å². The average molecular weight is 349 g/mol. The topological polar surface area (TPSA) is 74.7 Å². The van der Waals surface area contributed by atoms with Gasteiger partial charge in [-0.15, -0.1) is 0 Å². The fourth-order valence-electron chi connectivity index (χ4n) is 2.96. The van der Waals surface area contributed by atoms with E-state index < -0.39 is 27.4 Å². The molecule has 3 rings (SSSR count). The first-order chi connectivity index (χ1) is 11.3. The van der Waals surface area contributed by atoms with Crippen LogP contribution >= 0.6 is 0 Å². The molecule has 1 heterocycles. The molecule has 2 aromatic carbocycles. The summed E-state index contributed by atoms with van der Waals surface area (Å²) in [4.78, 5) is 10.9. The SMILES string of the molecule is C[C@@H]1CCc2ccccc2N1S(=O)(=O)c1ccc(F)c(C(=O)O)c1. The van der Waals surface area contributed by atoms with Gasteiger partial charge >= 0.3 is 5.97 Å². The van der Waals surface area contributed by atoms with Gasteiger partial charge in [0.1, 0.15) is 5.82 Å². The summed E-state index contributed by atoms with van der Waals surface area (Å²) in [6.07, 6.45) is 1.43. The molecular formula is C17H16FNO4S. The Bertz CT molecular complexity index is 911. The van der Waals surface area contributed by atoms with Crippen LogP contribution in [0.15, 0.2) is 47.4 Å². The van der Waals surface area contributed by atoms with E-state index in [-0.39, 0.29) is 10.9 Å². The smallest absolute Gasteiger partial charge is 0.338 e.